The van der Waals surface area contributed by atoms with E-state index in [9.17, 15) is 18.8 Å². The molecule has 0 radical (unpaired) electrons. The topological polar surface area (TPSA) is 125 Å². The Balaban J connectivity index is 1.80. The van der Waals surface area contributed by atoms with E-state index in [1.165, 1.54) is 24.4 Å². The van der Waals surface area contributed by atoms with Crippen LogP contribution in [0.15, 0.2) is 42.2 Å². The van der Waals surface area contributed by atoms with Gasteiger partial charge in [-0.3, -0.25) is 14.5 Å². The average molecular weight is 360 g/mol. The number of β-amino-alcohol motifs (C(OH)–C–C–N with tert-alkyl or cyclic N) is 1. The van der Waals surface area contributed by atoms with Crippen LogP contribution in [0.2, 0.25) is 0 Å². The molecule has 26 heavy (non-hydrogen) atoms. The molecular formula is C16H13FN4O5. The first-order chi connectivity index (χ1) is 12.4. The van der Waals surface area contributed by atoms with Crippen molar-refractivity contribution in [1.29, 1.82) is 0 Å². The van der Waals surface area contributed by atoms with Gasteiger partial charge in [-0.2, -0.15) is 5.10 Å². The molecule has 0 saturated heterocycles. The predicted octanol–water partition coefficient (Wildman–Crippen LogP) is 0.366. The lowest BCUT2D eigenvalue weighted by Gasteiger charge is -2.13. The van der Waals surface area contributed by atoms with Crippen molar-refractivity contribution in [2.45, 2.75) is 0 Å². The van der Waals surface area contributed by atoms with Gasteiger partial charge in [0.2, 0.25) is 0 Å². The van der Waals surface area contributed by atoms with Crippen LogP contribution in [0.4, 0.5) is 10.1 Å². The summed E-state index contributed by atoms with van der Waals surface area (Å²) in [5, 5.41) is 24.1. The number of nitrogens with zero attached hydrogens (tertiary/aromatic N) is 3. The number of benzene rings is 1. The molecule has 0 unspecified atom stereocenters. The van der Waals surface area contributed by atoms with Gasteiger partial charge in [-0.1, -0.05) is 0 Å². The van der Waals surface area contributed by atoms with Gasteiger partial charge in [-0.15, -0.1) is 0 Å². The van der Waals surface area contributed by atoms with Gasteiger partial charge < -0.3 is 15.5 Å². The number of rotatable bonds is 6. The van der Waals surface area contributed by atoms with Crippen LogP contribution in [0, 0.1) is 5.82 Å². The third-order valence-electron chi connectivity index (χ3n) is 3.61. The minimum atomic E-state index is -1.23. The molecule has 3 rings (SSSR count). The molecule has 2 heterocycles. The van der Waals surface area contributed by atoms with Crippen LogP contribution in [0.1, 0.15) is 10.5 Å². The second-order valence-corrected chi connectivity index (χ2v) is 5.32. The van der Waals surface area contributed by atoms with Gasteiger partial charge in [-0.25, -0.2) is 13.9 Å². The summed E-state index contributed by atoms with van der Waals surface area (Å²) < 4.78 is 15.4. The quantitative estimate of drug-likeness (QED) is 0.636. The van der Waals surface area contributed by atoms with Gasteiger partial charge in [-0.05, 0) is 24.3 Å². The summed E-state index contributed by atoms with van der Waals surface area (Å²) in [5.74, 6) is -3.13. The molecule has 0 atom stereocenters. The highest BCUT2D eigenvalue weighted by atomic mass is 19.1. The SMILES string of the molecule is O=C(O)c1ccn(-c2ccc(NC3=CC(=O)N(CCO)C3=O)cc2F)n1. The number of aliphatic hydroxyl groups excluding tert-OH is 1. The van der Waals surface area contributed by atoms with Crippen LogP contribution in [0.3, 0.4) is 0 Å². The molecule has 1 aromatic heterocycles. The number of aromatic carboxylic acids is 1. The van der Waals surface area contributed by atoms with Crippen LogP contribution >= 0.6 is 0 Å². The van der Waals surface area contributed by atoms with Crippen LogP contribution in [-0.2, 0) is 9.59 Å². The summed E-state index contributed by atoms with van der Waals surface area (Å²) in [6, 6.07) is 5.12. The third kappa shape index (κ3) is 3.17. The lowest BCUT2D eigenvalue weighted by Crippen LogP contribution is -2.34. The van der Waals surface area contributed by atoms with E-state index in [2.05, 4.69) is 10.4 Å². The number of aromatic nitrogens is 2. The van der Waals surface area contributed by atoms with Gasteiger partial charge in [0, 0.05) is 18.0 Å². The Bertz CT molecular complexity index is 936. The first-order valence-electron chi connectivity index (χ1n) is 7.45. The van der Waals surface area contributed by atoms with Gasteiger partial charge in [0.1, 0.15) is 11.4 Å². The number of anilines is 1. The molecule has 10 heteroatoms. The van der Waals surface area contributed by atoms with Gasteiger partial charge >= 0.3 is 5.97 Å². The number of halogens is 1. The highest BCUT2D eigenvalue weighted by Crippen LogP contribution is 2.21. The molecule has 1 aromatic carbocycles. The Morgan fingerprint density at radius 1 is 1.27 bits per heavy atom. The zero-order chi connectivity index (χ0) is 18.8. The fourth-order valence-electron chi connectivity index (χ4n) is 2.41. The normalized spacial score (nSPS) is 13.9. The van der Waals surface area contributed by atoms with Crippen molar-refractivity contribution in [2.75, 3.05) is 18.5 Å². The van der Waals surface area contributed by atoms with Crippen LogP contribution < -0.4 is 5.32 Å². The Morgan fingerprint density at radius 2 is 2.04 bits per heavy atom. The number of aliphatic hydroxyl groups is 1. The summed E-state index contributed by atoms with van der Waals surface area (Å²) >= 11 is 0. The lowest BCUT2D eigenvalue weighted by atomic mass is 10.2. The van der Waals surface area contributed by atoms with Crippen LogP contribution in [0.5, 0.6) is 0 Å². The first kappa shape index (κ1) is 17.3. The number of carbonyl (C=O) groups is 3. The highest BCUT2D eigenvalue weighted by molar-refractivity contribution is 6.17. The van der Waals surface area contributed by atoms with E-state index in [4.69, 9.17) is 10.2 Å². The minimum absolute atomic E-state index is 0.0211. The van der Waals surface area contributed by atoms with E-state index < -0.39 is 23.6 Å². The number of imide groups is 1. The monoisotopic (exact) mass is 360 g/mol. The number of carboxylic acid groups (broad SMARTS) is 1. The number of nitrogens with one attached hydrogen (secondary N) is 1. The molecule has 1 aliphatic rings. The zero-order valence-electron chi connectivity index (χ0n) is 13.2. The molecule has 0 saturated carbocycles. The number of amides is 2. The number of hydrogen-bond acceptors (Lipinski definition) is 6. The highest BCUT2D eigenvalue weighted by Gasteiger charge is 2.30. The summed E-state index contributed by atoms with van der Waals surface area (Å²) in [6.45, 7) is -0.484. The van der Waals surface area contributed by atoms with E-state index in [0.29, 0.717) is 0 Å². The summed E-state index contributed by atoms with van der Waals surface area (Å²) in [5.41, 5.74) is -0.0264. The summed E-state index contributed by atoms with van der Waals surface area (Å²) in [7, 11) is 0. The summed E-state index contributed by atoms with van der Waals surface area (Å²) in [6.07, 6.45) is 2.37. The van der Waals surface area contributed by atoms with Gasteiger partial charge in [0.05, 0.1) is 13.2 Å². The number of hydrogen-bond donors (Lipinski definition) is 3. The fraction of sp³-hybridized carbons (Fsp3) is 0.125. The maximum Gasteiger partial charge on any atom is 0.356 e. The second-order valence-electron chi connectivity index (χ2n) is 5.32. The molecule has 0 bridgehead atoms. The molecule has 2 amide bonds. The molecule has 0 aliphatic carbocycles. The molecule has 1 aliphatic heterocycles. The Kier molecular flexibility index (Phi) is 4.50. The Morgan fingerprint density at radius 3 is 2.65 bits per heavy atom. The predicted molar refractivity (Wildman–Crippen MR) is 86.0 cm³/mol. The van der Waals surface area contributed by atoms with E-state index in [-0.39, 0.29) is 35.9 Å². The molecule has 134 valence electrons. The van der Waals surface area contributed by atoms with E-state index in [1.54, 1.807) is 0 Å². The lowest BCUT2D eigenvalue weighted by molar-refractivity contribution is -0.137. The van der Waals surface area contributed by atoms with Crippen molar-refractivity contribution in [3.8, 4) is 5.69 Å². The van der Waals surface area contributed by atoms with Crippen LogP contribution in [0.25, 0.3) is 5.69 Å². The van der Waals surface area contributed by atoms with E-state index >= 15 is 0 Å². The molecular weight excluding hydrogens is 347 g/mol. The van der Waals surface area contributed by atoms with Crippen molar-refractivity contribution in [3.63, 3.8) is 0 Å². The van der Waals surface area contributed by atoms with Crippen LogP contribution in [-0.4, -0.2) is 55.8 Å². The van der Waals surface area contributed by atoms with E-state index in [1.807, 2.05) is 0 Å². The molecule has 2 aromatic rings. The van der Waals surface area contributed by atoms with Gasteiger partial charge in [0.15, 0.2) is 11.5 Å². The number of carbonyl (C=O) groups excluding carboxylic acids is 2. The third-order valence-corrected chi connectivity index (χ3v) is 3.61. The van der Waals surface area contributed by atoms with Crippen molar-refractivity contribution in [3.05, 3.63) is 53.7 Å². The van der Waals surface area contributed by atoms with Crippen molar-refractivity contribution < 1.29 is 29.0 Å². The zero-order valence-corrected chi connectivity index (χ0v) is 13.2. The Labute approximate surface area is 146 Å². The smallest absolute Gasteiger partial charge is 0.356 e. The molecule has 0 fully saturated rings. The average Bonchev–Trinajstić information content (AvgIpc) is 3.17. The standard InChI is InChI=1S/C16H13FN4O5/c17-10-7-9(18-12-8-14(23)20(5-6-22)15(12)24)1-2-13(10)21-4-3-11(19-21)16(25)26/h1-4,7-8,18,22H,5-6H2,(H,25,26). The largest absolute Gasteiger partial charge is 0.476 e. The maximum atomic E-state index is 14.3. The van der Waals surface area contributed by atoms with Crippen molar-refractivity contribution in [2.24, 2.45) is 0 Å². The van der Waals surface area contributed by atoms with Crippen molar-refractivity contribution in [1.82, 2.24) is 14.7 Å². The molecule has 9 nitrogen and oxygen atoms in total. The maximum absolute atomic E-state index is 14.3. The van der Waals surface area contributed by atoms with Crippen molar-refractivity contribution >= 4 is 23.5 Å². The summed E-state index contributed by atoms with van der Waals surface area (Å²) in [4.78, 5) is 35.4. The molecule has 3 N–H and O–H groups in total. The Hall–Kier alpha value is -3.53. The van der Waals surface area contributed by atoms with E-state index in [0.717, 1.165) is 21.7 Å². The van der Waals surface area contributed by atoms with Gasteiger partial charge in [0.25, 0.3) is 11.8 Å². The minimum Gasteiger partial charge on any atom is -0.476 e. The molecule has 0 spiro atoms. The fourth-order valence-corrected chi connectivity index (χ4v) is 2.41. The second kappa shape index (κ2) is 6.76. The first-order valence-corrected chi connectivity index (χ1v) is 7.45. The number of carboxylic acids is 1.